The van der Waals surface area contributed by atoms with Gasteiger partial charge >= 0.3 is 5.97 Å². The summed E-state index contributed by atoms with van der Waals surface area (Å²) in [5, 5.41) is 4.63. The topological polar surface area (TPSA) is 64.4 Å². The molecule has 1 aromatic carbocycles. The Morgan fingerprint density at radius 2 is 1.84 bits per heavy atom. The molecule has 6 heteroatoms. The Morgan fingerprint density at radius 1 is 1.03 bits per heavy atom. The second kappa shape index (κ2) is 12.0. The van der Waals surface area contributed by atoms with Crippen LogP contribution in [0.1, 0.15) is 124 Å². The van der Waals surface area contributed by atoms with Crippen LogP contribution in [0.5, 0.6) is 0 Å². The van der Waals surface area contributed by atoms with Crippen molar-refractivity contribution in [2.24, 2.45) is 11.8 Å². The number of hydrogen-bond acceptors (Lipinski definition) is 4. The molecule has 206 valence electrons. The third-order valence-corrected chi connectivity index (χ3v) is 9.25. The van der Waals surface area contributed by atoms with Crippen LogP contribution in [0.25, 0.3) is 5.69 Å². The van der Waals surface area contributed by atoms with Crippen LogP contribution >= 0.6 is 0 Å². The van der Waals surface area contributed by atoms with Gasteiger partial charge in [-0.3, -0.25) is 4.79 Å². The van der Waals surface area contributed by atoms with E-state index in [1.807, 2.05) is 11.6 Å². The lowest BCUT2D eigenvalue weighted by Crippen LogP contribution is -2.46. The number of carbonyl (C=O) groups is 2. The van der Waals surface area contributed by atoms with Crippen molar-refractivity contribution >= 4 is 11.9 Å². The molecule has 1 amide bonds. The molecule has 1 heterocycles. The summed E-state index contributed by atoms with van der Waals surface area (Å²) >= 11 is 0. The Labute approximate surface area is 228 Å². The van der Waals surface area contributed by atoms with Crippen molar-refractivity contribution in [3.63, 3.8) is 0 Å². The van der Waals surface area contributed by atoms with Crippen molar-refractivity contribution in [2.45, 2.75) is 109 Å². The Kier molecular flexibility index (Phi) is 8.54. The van der Waals surface area contributed by atoms with Crippen molar-refractivity contribution in [3.05, 3.63) is 47.3 Å². The molecule has 3 saturated carbocycles. The molecule has 0 aliphatic heterocycles. The Hall–Kier alpha value is -2.63. The number of nitrogens with zero attached hydrogens (tertiary/aromatic N) is 3. The van der Waals surface area contributed by atoms with E-state index in [0.29, 0.717) is 41.9 Å². The normalized spacial score (nSPS) is 25.7. The molecular weight excluding hydrogens is 474 g/mol. The molecule has 38 heavy (non-hydrogen) atoms. The Morgan fingerprint density at radius 3 is 2.61 bits per heavy atom. The quantitative estimate of drug-likeness (QED) is 0.334. The van der Waals surface area contributed by atoms with Gasteiger partial charge in [-0.15, -0.1) is 0 Å². The highest BCUT2D eigenvalue weighted by molar-refractivity contribution is 5.91. The highest BCUT2D eigenvalue weighted by atomic mass is 16.5. The van der Waals surface area contributed by atoms with Crippen molar-refractivity contribution in [2.75, 3.05) is 13.7 Å². The van der Waals surface area contributed by atoms with Crippen molar-refractivity contribution < 1.29 is 14.3 Å². The number of esters is 1. The number of aromatic nitrogens is 2. The minimum absolute atomic E-state index is 0.105. The van der Waals surface area contributed by atoms with Gasteiger partial charge in [-0.1, -0.05) is 44.7 Å². The molecule has 4 atom stereocenters. The maximum Gasteiger partial charge on any atom is 0.341 e. The van der Waals surface area contributed by atoms with Gasteiger partial charge in [0.15, 0.2) is 0 Å². The van der Waals surface area contributed by atoms with Gasteiger partial charge in [-0.2, -0.15) is 5.10 Å². The lowest BCUT2D eigenvalue weighted by atomic mass is 9.76. The fourth-order valence-electron chi connectivity index (χ4n) is 7.16. The molecule has 0 bridgehead atoms. The van der Waals surface area contributed by atoms with Gasteiger partial charge in [0.1, 0.15) is 5.56 Å². The molecule has 0 N–H and O–H groups in total. The van der Waals surface area contributed by atoms with Gasteiger partial charge in [0.2, 0.25) is 5.91 Å². The average molecular weight is 520 g/mol. The lowest BCUT2D eigenvalue weighted by molar-refractivity contribution is -0.139. The summed E-state index contributed by atoms with van der Waals surface area (Å²) in [5.74, 6) is 1.58. The van der Waals surface area contributed by atoms with Crippen LogP contribution in [0, 0.1) is 11.8 Å². The first-order valence-electron chi connectivity index (χ1n) is 15.1. The zero-order chi connectivity index (χ0) is 26.6. The van der Waals surface area contributed by atoms with E-state index in [1.54, 1.807) is 6.20 Å². The van der Waals surface area contributed by atoms with E-state index in [9.17, 15) is 9.59 Å². The second-order valence-corrected chi connectivity index (χ2v) is 11.9. The summed E-state index contributed by atoms with van der Waals surface area (Å²) in [4.78, 5) is 28.4. The molecule has 2 aromatic rings. The molecule has 3 fully saturated rings. The molecule has 1 aromatic heterocycles. The predicted molar refractivity (Wildman–Crippen MR) is 150 cm³/mol. The summed E-state index contributed by atoms with van der Waals surface area (Å²) < 4.78 is 7.25. The zero-order valence-corrected chi connectivity index (χ0v) is 23.5. The van der Waals surface area contributed by atoms with Gasteiger partial charge in [0.25, 0.3) is 0 Å². The van der Waals surface area contributed by atoms with E-state index in [1.165, 1.54) is 37.7 Å². The molecule has 0 saturated heterocycles. The van der Waals surface area contributed by atoms with E-state index in [4.69, 9.17) is 4.74 Å². The molecule has 4 unspecified atom stereocenters. The maximum atomic E-state index is 13.7. The third kappa shape index (κ3) is 5.69. The maximum absolute atomic E-state index is 13.7. The van der Waals surface area contributed by atoms with Crippen molar-refractivity contribution in [1.29, 1.82) is 0 Å². The van der Waals surface area contributed by atoms with Crippen LogP contribution in [0.2, 0.25) is 0 Å². The van der Waals surface area contributed by atoms with Gasteiger partial charge in [-0.25, -0.2) is 9.48 Å². The fraction of sp³-hybridized carbons (Fsp3) is 0.656. The Balaban J connectivity index is 1.32. The highest BCUT2D eigenvalue weighted by Crippen LogP contribution is 2.43. The number of rotatable bonds is 9. The SMILES string of the molecule is CCCC1CCCCC1N(C)C(=O)C1CCCC(c2cccc(-n3ncc(C(=O)OCC)c3C3CC3)c2)C1. The van der Waals surface area contributed by atoms with E-state index >= 15 is 0 Å². The number of ether oxygens (including phenoxy) is 1. The minimum Gasteiger partial charge on any atom is -0.462 e. The van der Waals surface area contributed by atoms with Crippen LogP contribution < -0.4 is 0 Å². The summed E-state index contributed by atoms with van der Waals surface area (Å²) in [5.41, 5.74) is 3.84. The Bertz CT molecular complexity index is 1120. The van der Waals surface area contributed by atoms with Gasteiger partial charge < -0.3 is 9.64 Å². The van der Waals surface area contributed by atoms with E-state index in [2.05, 4.69) is 48.2 Å². The highest BCUT2D eigenvalue weighted by Gasteiger charge is 2.36. The lowest BCUT2D eigenvalue weighted by Gasteiger charge is -2.40. The predicted octanol–water partition coefficient (Wildman–Crippen LogP) is 7.02. The number of carbonyl (C=O) groups excluding carboxylic acids is 2. The molecule has 6 nitrogen and oxygen atoms in total. The summed E-state index contributed by atoms with van der Waals surface area (Å²) in [6.07, 6.45) is 15.4. The smallest absolute Gasteiger partial charge is 0.341 e. The van der Waals surface area contributed by atoms with E-state index in [0.717, 1.165) is 56.3 Å². The summed E-state index contributed by atoms with van der Waals surface area (Å²) in [7, 11) is 2.07. The summed E-state index contributed by atoms with van der Waals surface area (Å²) in [6.45, 7) is 4.46. The first-order valence-corrected chi connectivity index (χ1v) is 15.1. The molecule has 5 rings (SSSR count). The van der Waals surface area contributed by atoms with Crippen LogP contribution in [0.15, 0.2) is 30.5 Å². The molecule has 3 aliphatic carbocycles. The van der Waals surface area contributed by atoms with Gasteiger partial charge in [0, 0.05) is 24.9 Å². The van der Waals surface area contributed by atoms with E-state index in [-0.39, 0.29) is 11.9 Å². The van der Waals surface area contributed by atoms with Crippen molar-refractivity contribution in [3.8, 4) is 5.69 Å². The van der Waals surface area contributed by atoms with Crippen LogP contribution in [-0.2, 0) is 9.53 Å². The van der Waals surface area contributed by atoms with Crippen LogP contribution in [0.3, 0.4) is 0 Å². The van der Waals surface area contributed by atoms with Crippen molar-refractivity contribution in [1.82, 2.24) is 14.7 Å². The molecule has 0 spiro atoms. The first-order chi connectivity index (χ1) is 18.5. The van der Waals surface area contributed by atoms with Crippen LogP contribution in [0.4, 0.5) is 0 Å². The second-order valence-electron chi connectivity index (χ2n) is 11.9. The first kappa shape index (κ1) is 27.0. The number of hydrogen-bond donors (Lipinski definition) is 0. The molecular formula is C32H45N3O3. The zero-order valence-electron chi connectivity index (χ0n) is 23.5. The fourth-order valence-corrected chi connectivity index (χ4v) is 7.16. The number of benzene rings is 1. The van der Waals surface area contributed by atoms with Crippen LogP contribution in [-0.4, -0.2) is 46.3 Å². The number of amides is 1. The summed E-state index contributed by atoms with van der Waals surface area (Å²) in [6, 6.07) is 9.02. The average Bonchev–Trinajstić information content (AvgIpc) is 3.70. The van der Waals surface area contributed by atoms with Gasteiger partial charge in [-0.05, 0) is 87.8 Å². The molecule has 3 aliphatic rings. The largest absolute Gasteiger partial charge is 0.462 e. The van der Waals surface area contributed by atoms with E-state index < -0.39 is 0 Å². The minimum atomic E-state index is -0.284. The monoisotopic (exact) mass is 519 g/mol. The molecule has 0 radical (unpaired) electrons. The third-order valence-electron chi connectivity index (χ3n) is 9.25. The standard InChI is InChI=1S/C32H45N3O3/c1-4-10-22-11-6-7-16-29(22)34(3)31(36)26-14-8-12-24(19-26)25-13-9-15-27(20-25)35-30(23-17-18-23)28(21-33-35)32(37)38-5-2/h9,13,15,20-24,26,29H,4-8,10-12,14,16-19H2,1-3H3. The van der Waals surface area contributed by atoms with Gasteiger partial charge in [0.05, 0.1) is 24.2 Å².